The van der Waals surface area contributed by atoms with Crippen molar-refractivity contribution in [3.05, 3.63) is 0 Å². The minimum atomic E-state index is 0.421. The first-order valence-electron chi connectivity index (χ1n) is 7.66. The monoisotopic (exact) mass is 236 g/mol. The van der Waals surface area contributed by atoms with Gasteiger partial charge in [-0.25, -0.2) is 0 Å². The van der Waals surface area contributed by atoms with Crippen LogP contribution in [0.1, 0.15) is 71.1 Å². The lowest BCUT2D eigenvalue weighted by Gasteiger charge is -2.39. The predicted molar refractivity (Wildman–Crippen MR) is 74.6 cm³/mol. The van der Waals surface area contributed by atoms with E-state index in [-0.39, 0.29) is 0 Å². The quantitative estimate of drug-likeness (QED) is 0.789. The van der Waals surface area contributed by atoms with Crippen LogP contribution in [0.25, 0.3) is 0 Å². The molecule has 1 heterocycles. The molecule has 0 aromatic carbocycles. The lowest BCUT2D eigenvalue weighted by atomic mass is 9.70. The van der Waals surface area contributed by atoms with Crippen LogP contribution in [-0.4, -0.2) is 18.9 Å². The molecule has 2 aliphatic rings. The Morgan fingerprint density at radius 2 is 1.82 bits per heavy atom. The van der Waals surface area contributed by atoms with Gasteiger partial charge in [-0.3, -0.25) is 4.99 Å². The first-order chi connectivity index (χ1) is 8.37. The molecule has 0 spiro atoms. The maximum Gasteiger partial charge on any atom is 0.103 e. The van der Waals surface area contributed by atoms with E-state index in [4.69, 9.17) is 4.99 Å². The number of nitrogens with zero attached hydrogens (tertiary/aromatic N) is 1. The van der Waals surface area contributed by atoms with Gasteiger partial charge < -0.3 is 5.32 Å². The normalized spacial score (nSPS) is 28.4. The van der Waals surface area contributed by atoms with Gasteiger partial charge in [0.2, 0.25) is 0 Å². The molecule has 1 aliphatic carbocycles. The third-order valence-electron chi connectivity index (χ3n) is 4.44. The summed E-state index contributed by atoms with van der Waals surface area (Å²) in [6.45, 7) is 4.51. The first-order valence-corrected chi connectivity index (χ1v) is 7.66. The molecule has 0 amide bonds. The van der Waals surface area contributed by atoms with Gasteiger partial charge in [0.15, 0.2) is 0 Å². The molecule has 1 N–H and O–H groups in total. The second kappa shape index (κ2) is 6.42. The number of hydrogen-bond acceptors (Lipinski definition) is 2. The van der Waals surface area contributed by atoms with E-state index in [1.54, 1.807) is 0 Å². The molecule has 2 nitrogen and oxygen atoms in total. The van der Waals surface area contributed by atoms with Crippen molar-refractivity contribution in [1.82, 2.24) is 5.32 Å². The molecule has 2 heteroatoms. The molecule has 0 saturated heterocycles. The smallest absolute Gasteiger partial charge is 0.103 e. The van der Waals surface area contributed by atoms with Gasteiger partial charge in [0.25, 0.3) is 0 Å². The second-order valence-corrected chi connectivity index (χ2v) is 5.81. The van der Waals surface area contributed by atoms with Crippen LogP contribution in [0.4, 0.5) is 0 Å². The lowest BCUT2D eigenvalue weighted by molar-refractivity contribution is 0.255. The Bertz CT molecular complexity index is 246. The predicted octanol–water partition coefficient (Wildman–Crippen LogP) is 3.91. The SMILES string of the molecule is CCCC1(/C2=N/CCCCCN2)CCCCC1. The molecule has 2 rings (SSSR count). The Hall–Kier alpha value is -0.530. The number of rotatable bonds is 3. The third kappa shape index (κ3) is 3.23. The molecule has 0 radical (unpaired) electrons. The summed E-state index contributed by atoms with van der Waals surface area (Å²) in [6, 6.07) is 0. The molecular formula is C15H28N2. The maximum atomic E-state index is 4.90. The molecule has 0 atom stereocenters. The summed E-state index contributed by atoms with van der Waals surface area (Å²) in [6.07, 6.45) is 13.5. The number of amidine groups is 1. The summed E-state index contributed by atoms with van der Waals surface area (Å²) in [5.41, 5.74) is 0.421. The van der Waals surface area contributed by atoms with E-state index in [1.165, 1.54) is 70.0 Å². The van der Waals surface area contributed by atoms with E-state index < -0.39 is 0 Å². The Kier molecular flexibility index (Phi) is 4.87. The van der Waals surface area contributed by atoms with Gasteiger partial charge in [0.05, 0.1) is 0 Å². The van der Waals surface area contributed by atoms with E-state index in [0.717, 1.165) is 13.1 Å². The molecule has 0 aromatic rings. The zero-order chi connectivity index (χ0) is 12.0. The topological polar surface area (TPSA) is 24.4 Å². The van der Waals surface area contributed by atoms with Crippen molar-refractivity contribution >= 4 is 5.84 Å². The van der Waals surface area contributed by atoms with Crippen molar-refractivity contribution < 1.29 is 0 Å². The second-order valence-electron chi connectivity index (χ2n) is 5.81. The fraction of sp³-hybridized carbons (Fsp3) is 0.933. The Morgan fingerprint density at radius 3 is 2.59 bits per heavy atom. The number of nitrogens with one attached hydrogen (secondary N) is 1. The highest BCUT2D eigenvalue weighted by atomic mass is 15.0. The highest BCUT2D eigenvalue weighted by Gasteiger charge is 2.36. The van der Waals surface area contributed by atoms with Crippen LogP contribution in [-0.2, 0) is 0 Å². The number of hydrogen-bond donors (Lipinski definition) is 1. The molecule has 17 heavy (non-hydrogen) atoms. The first kappa shape index (κ1) is 12.9. The Balaban J connectivity index is 2.11. The van der Waals surface area contributed by atoms with Gasteiger partial charge in [-0.05, 0) is 38.5 Å². The Morgan fingerprint density at radius 1 is 1.06 bits per heavy atom. The molecule has 0 aromatic heterocycles. The van der Waals surface area contributed by atoms with Crippen molar-refractivity contribution in [2.75, 3.05) is 13.1 Å². The average molecular weight is 236 g/mol. The minimum Gasteiger partial charge on any atom is -0.373 e. The van der Waals surface area contributed by atoms with E-state index in [9.17, 15) is 0 Å². The summed E-state index contributed by atoms with van der Waals surface area (Å²) in [4.78, 5) is 4.90. The minimum absolute atomic E-state index is 0.421. The average Bonchev–Trinajstić information content (AvgIpc) is 2.29. The fourth-order valence-corrected chi connectivity index (χ4v) is 3.53. The Labute approximate surface area is 106 Å². The van der Waals surface area contributed by atoms with Crippen molar-refractivity contribution in [3.63, 3.8) is 0 Å². The van der Waals surface area contributed by atoms with Gasteiger partial charge in [0, 0.05) is 18.5 Å². The third-order valence-corrected chi connectivity index (χ3v) is 4.44. The van der Waals surface area contributed by atoms with Crippen LogP contribution in [0.15, 0.2) is 4.99 Å². The van der Waals surface area contributed by atoms with Gasteiger partial charge in [-0.1, -0.05) is 32.6 Å². The summed E-state index contributed by atoms with van der Waals surface area (Å²) >= 11 is 0. The van der Waals surface area contributed by atoms with Crippen molar-refractivity contribution in [3.8, 4) is 0 Å². The maximum absolute atomic E-state index is 4.90. The van der Waals surface area contributed by atoms with Crippen LogP contribution in [0.5, 0.6) is 0 Å². The molecule has 98 valence electrons. The zero-order valence-corrected chi connectivity index (χ0v) is 11.4. The molecule has 1 saturated carbocycles. The van der Waals surface area contributed by atoms with Gasteiger partial charge in [0.1, 0.15) is 5.84 Å². The fourth-order valence-electron chi connectivity index (χ4n) is 3.53. The van der Waals surface area contributed by atoms with Gasteiger partial charge >= 0.3 is 0 Å². The molecule has 0 unspecified atom stereocenters. The molecular weight excluding hydrogens is 208 g/mol. The summed E-state index contributed by atoms with van der Waals surface area (Å²) in [5, 5.41) is 3.67. The largest absolute Gasteiger partial charge is 0.373 e. The standard InChI is InChI=1S/C15H28N2/c1-2-9-15(10-5-3-6-11-15)14-16-12-7-4-8-13-17-14/h2-13H2,1H3,(H,16,17). The van der Waals surface area contributed by atoms with Crippen molar-refractivity contribution in [2.24, 2.45) is 10.4 Å². The van der Waals surface area contributed by atoms with Crippen LogP contribution in [0, 0.1) is 5.41 Å². The van der Waals surface area contributed by atoms with E-state index in [1.807, 2.05) is 0 Å². The van der Waals surface area contributed by atoms with Crippen LogP contribution in [0.3, 0.4) is 0 Å². The summed E-state index contributed by atoms with van der Waals surface area (Å²) < 4.78 is 0. The van der Waals surface area contributed by atoms with E-state index >= 15 is 0 Å². The van der Waals surface area contributed by atoms with Crippen LogP contribution >= 0.6 is 0 Å². The van der Waals surface area contributed by atoms with Crippen LogP contribution < -0.4 is 5.32 Å². The van der Waals surface area contributed by atoms with Gasteiger partial charge in [-0.15, -0.1) is 0 Å². The molecule has 0 bridgehead atoms. The van der Waals surface area contributed by atoms with Gasteiger partial charge in [-0.2, -0.15) is 0 Å². The van der Waals surface area contributed by atoms with Crippen LogP contribution in [0.2, 0.25) is 0 Å². The van der Waals surface area contributed by atoms with Crippen molar-refractivity contribution in [1.29, 1.82) is 0 Å². The summed E-state index contributed by atoms with van der Waals surface area (Å²) in [5.74, 6) is 1.37. The molecule has 1 fully saturated rings. The summed E-state index contributed by atoms with van der Waals surface area (Å²) in [7, 11) is 0. The van der Waals surface area contributed by atoms with Crippen molar-refractivity contribution in [2.45, 2.75) is 71.1 Å². The molecule has 1 aliphatic heterocycles. The highest BCUT2D eigenvalue weighted by Crippen LogP contribution is 2.41. The number of aliphatic imine (C=N–C) groups is 1. The van der Waals surface area contributed by atoms with E-state index in [2.05, 4.69) is 12.2 Å². The lowest BCUT2D eigenvalue weighted by Crippen LogP contribution is -2.43. The van der Waals surface area contributed by atoms with E-state index in [0.29, 0.717) is 5.41 Å². The zero-order valence-electron chi connectivity index (χ0n) is 11.4. The highest BCUT2D eigenvalue weighted by molar-refractivity contribution is 5.88.